The highest BCUT2D eigenvalue weighted by Crippen LogP contribution is 2.36. The van der Waals surface area contributed by atoms with Gasteiger partial charge in [0.25, 0.3) is 0 Å². The lowest BCUT2D eigenvalue weighted by atomic mass is 9.97. The maximum absolute atomic E-state index is 9.62. The Morgan fingerprint density at radius 2 is 2.10 bits per heavy atom. The first kappa shape index (κ1) is 19.9. The molecule has 0 bridgehead atoms. The maximum atomic E-state index is 9.62. The second-order valence-corrected chi connectivity index (χ2v) is 8.42. The molecule has 5 rings (SSSR count). The molecule has 1 aromatic heterocycles. The molecule has 7 heteroatoms. The van der Waals surface area contributed by atoms with Crippen LogP contribution in [0.1, 0.15) is 25.3 Å². The fourth-order valence-electron chi connectivity index (χ4n) is 4.76. The number of aromatic nitrogens is 2. The summed E-state index contributed by atoms with van der Waals surface area (Å²) in [6.07, 6.45) is 3.86. The van der Waals surface area contributed by atoms with Crippen LogP contribution in [0.2, 0.25) is 0 Å². The van der Waals surface area contributed by atoms with Gasteiger partial charge in [-0.05, 0) is 49.4 Å². The van der Waals surface area contributed by atoms with E-state index in [9.17, 15) is 5.11 Å². The Morgan fingerprint density at radius 3 is 2.97 bits per heavy atom. The summed E-state index contributed by atoms with van der Waals surface area (Å²) in [6, 6.07) is 12.8. The second kappa shape index (κ2) is 8.59. The van der Waals surface area contributed by atoms with Crippen molar-refractivity contribution in [2.75, 3.05) is 53.3 Å². The monoisotopic (exact) mass is 418 g/mol. The standard InChI is InChI=1S/C24H30N6O/c1-2-29-16-28-21-10-19-20(11-23(21)29)26-15-27-24(19)25-12-18-7-3-4-8-22(18)30-9-5-6-17(13-30)14-31/h3-4,7-8,10-11,15,17,28,31H,2,5-6,9,12-14,16H2,1H3,(H,25,26,27). The van der Waals surface area contributed by atoms with Crippen molar-refractivity contribution in [3.63, 3.8) is 0 Å². The summed E-state index contributed by atoms with van der Waals surface area (Å²) in [5.74, 6) is 1.21. The number of fused-ring (bicyclic) bond motifs is 2. The maximum Gasteiger partial charge on any atom is 0.137 e. The van der Waals surface area contributed by atoms with Gasteiger partial charge in [0.2, 0.25) is 0 Å². The minimum Gasteiger partial charge on any atom is -0.396 e. The van der Waals surface area contributed by atoms with Gasteiger partial charge in [0.15, 0.2) is 0 Å². The van der Waals surface area contributed by atoms with Gasteiger partial charge in [-0.2, -0.15) is 0 Å². The van der Waals surface area contributed by atoms with Crippen molar-refractivity contribution in [3.8, 4) is 0 Å². The molecule has 0 saturated carbocycles. The normalized spacial score (nSPS) is 18.2. The SMILES string of the molecule is CCN1CNc2cc3c(NCc4ccccc4N4CCCC(CO)C4)ncnc3cc21. The Labute approximate surface area is 183 Å². The predicted molar refractivity (Wildman–Crippen MR) is 127 cm³/mol. The zero-order chi connectivity index (χ0) is 21.2. The minimum absolute atomic E-state index is 0.262. The fourth-order valence-corrected chi connectivity index (χ4v) is 4.76. The lowest BCUT2D eigenvalue weighted by Crippen LogP contribution is -2.37. The molecule has 0 amide bonds. The van der Waals surface area contributed by atoms with Crippen LogP contribution in [0.15, 0.2) is 42.7 Å². The molecular weight excluding hydrogens is 388 g/mol. The molecule has 1 saturated heterocycles. The molecule has 0 aliphatic carbocycles. The van der Waals surface area contributed by atoms with Crippen LogP contribution >= 0.6 is 0 Å². The highest BCUT2D eigenvalue weighted by Gasteiger charge is 2.22. The summed E-state index contributed by atoms with van der Waals surface area (Å²) in [5.41, 5.74) is 5.77. The van der Waals surface area contributed by atoms with Crippen LogP contribution in [-0.4, -0.2) is 48.0 Å². The van der Waals surface area contributed by atoms with Gasteiger partial charge in [-0.1, -0.05) is 18.2 Å². The Balaban J connectivity index is 1.40. The number of benzene rings is 2. The van der Waals surface area contributed by atoms with Crippen molar-refractivity contribution in [2.45, 2.75) is 26.3 Å². The third-order valence-corrected chi connectivity index (χ3v) is 6.49. The molecule has 7 nitrogen and oxygen atoms in total. The molecule has 162 valence electrons. The molecule has 2 aliphatic rings. The zero-order valence-electron chi connectivity index (χ0n) is 18.0. The smallest absolute Gasteiger partial charge is 0.137 e. The molecule has 3 aromatic rings. The van der Waals surface area contributed by atoms with Crippen molar-refractivity contribution in [2.24, 2.45) is 5.92 Å². The average Bonchev–Trinajstić information content (AvgIpc) is 3.23. The van der Waals surface area contributed by atoms with E-state index in [4.69, 9.17) is 0 Å². The lowest BCUT2D eigenvalue weighted by molar-refractivity contribution is 0.208. The number of nitrogens with zero attached hydrogens (tertiary/aromatic N) is 4. The number of piperidine rings is 1. The third kappa shape index (κ3) is 3.85. The number of para-hydroxylation sites is 1. The van der Waals surface area contributed by atoms with Crippen LogP contribution in [0, 0.1) is 5.92 Å². The number of anilines is 4. The largest absolute Gasteiger partial charge is 0.396 e. The van der Waals surface area contributed by atoms with Crippen molar-refractivity contribution in [3.05, 3.63) is 48.3 Å². The van der Waals surface area contributed by atoms with Crippen molar-refractivity contribution in [1.82, 2.24) is 9.97 Å². The van der Waals surface area contributed by atoms with E-state index >= 15 is 0 Å². The van der Waals surface area contributed by atoms with E-state index in [0.29, 0.717) is 12.5 Å². The first-order valence-corrected chi connectivity index (χ1v) is 11.2. The quantitative estimate of drug-likeness (QED) is 0.564. The lowest BCUT2D eigenvalue weighted by Gasteiger charge is -2.35. The van der Waals surface area contributed by atoms with Gasteiger partial charge >= 0.3 is 0 Å². The molecule has 0 spiro atoms. The van der Waals surface area contributed by atoms with Crippen LogP contribution in [0.4, 0.5) is 22.9 Å². The summed E-state index contributed by atoms with van der Waals surface area (Å²) < 4.78 is 0. The number of aliphatic hydroxyl groups excluding tert-OH is 1. The molecule has 0 radical (unpaired) electrons. The van der Waals surface area contributed by atoms with E-state index in [2.05, 4.69) is 73.7 Å². The predicted octanol–water partition coefficient (Wildman–Crippen LogP) is 3.66. The summed E-state index contributed by atoms with van der Waals surface area (Å²) in [7, 11) is 0. The van der Waals surface area contributed by atoms with Crippen LogP contribution in [0.25, 0.3) is 10.9 Å². The summed E-state index contributed by atoms with van der Waals surface area (Å²) in [4.78, 5) is 13.8. The average molecular weight is 419 g/mol. The summed E-state index contributed by atoms with van der Waals surface area (Å²) in [6.45, 7) is 6.86. The second-order valence-electron chi connectivity index (χ2n) is 8.42. The fraction of sp³-hybridized carbons (Fsp3) is 0.417. The zero-order valence-corrected chi connectivity index (χ0v) is 18.0. The Bertz CT molecular complexity index is 1070. The number of hydrogen-bond acceptors (Lipinski definition) is 7. The third-order valence-electron chi connectivity index (χ3n) is 6.49. The van der Waals surface area contributed by atoms with E-state index < -0.39 is 0 Å². The van der Waals surface area contributed by atoms with Crippen LogP contribution in [-0.2, 0) is 6.54 Å². The van der Waals surface area contributed by atoms with Crippen LogP contribution < -0.4 is 20.4 Å². The topological polar surface area (TPSA) is 76.5 Å². The van der Waals surface area contributed by atoms with Gasteiger partial charge in [0.1, 0.15) is 12.1 Å². The number of hydrogen-bond donors (Lipinski definition) is 3. The van der Waals surface area contributed by atoms with E-state index in [1.807, 2.05) is 0 Å². The van der Waals surface area contributed by atoms with Crippen molar-refractivity contribution in [1.29, 1.82) is 0 Å². The van der Waals surface area contributed by atoms with E-state index in [0.717, 1.165) is 61.6 Å². The van der Waals surface area contributed by atoms with E-state index in [-0.39, 0.29) is 6.61 Å². The van der Waals surface area contributed by atoms with Gasteiger partial charge < -0.3 is 25.5 Å². The van der Waals surface area contributed by atoms with E-state index in [1.165, 1.54) is 16.9 Å². The van der Waals surface area contributed by atoms with Crippen molar-refractivity contribution >= 4 is 33.8 Å². The van der Waals surface area contributed by atoms with Crippen molar-refractivity contribution < 1.29 is 5.11 Å². The molecular formula is C24H30N6O. The Morgan fingerprint density at radius 1 is 1.19 bits per heavy atom. The molecule has 2 aromatic carbocycles. The highest BCUT2D eigenvalue weighted by atomic mass is 16.3. The molecule has 3 heterocycles. The highest BCUT2D eigenvalue weighted by molar-refractivity contribution is 5.97. The van der Waals surface area contributed by atoms with Gasteiger partial charge in [0, 0.05) is 43.9 Å². The van der Waals surface area contributed by atoms with Gasteiger partial charge in [-0.3, -0.25) is 0 Å². The van der Waals surface area contributed by atoms with E-state index in [1.54, 1.807) is 6.33 Å². The molecule has 1 atom stereocenters. The van der Waals surface area contributed by atoms with Gasteiger partial charge in [-0.25, -0.2) is 9.97 Å². The number of nitrogens with one attached hydrogen (secondary N) is 2. The number of rotatable bonds is 6. The molecule has 1 fully saturated rings. The Hall–Kier alpha value is -3.06. The van der Waals surface area contributed by atoms with Gasteiger partial charge in [-0.15, -0.1) is 0 Å². The number of aliphatic hydroxyl groups is 1. The molecule has 1 unspecified atom stereocenters. The first-order valence-electron chi connectivity index (χ1n) is 11.2. The summed E-state index contributed by atoms with van der Waals surface area (Å²) >= 11 is 0. The Kier molecular flexibility index (Phi) is 5.51. The minimum atomic E-state index is 0.262. The molecule has 2 aliphatic heterocycles. The summed E-state index contributed by atoms with van der Waals surface area (Å²) in [5, 5.41) is 17.7. The van der Waals surface area contributed by atoms with Gasteiger partial charge in [0.05, 0.1) is 23.6 Å². The molecule has 3 N–H and O–H groups in total. The molecule has 31 heavy (non-hydrogen) atoms. The van der Waals surface area contributed by atoms with Crippen LogP contribution in [0.3, 0.4) is 0 Å². The first-order chi connectivity index (χ1) is 15.3. The van der Waals surface area contributed by atoms with Crippen LogP contribution in [0.5, 0.6) is 0 Å².